The summed E-state index contributed by atoms with van der Waals surface area (Å²) >= 11 is 0. The lowest BCUT2D eigenvalue weighted by Gasteiger charge is -2.31. The molecule has 0 radical (unpaired) electrons. The Bertz CT molecular complexity index is 918. The Hall–Kier alpha value is -2.18. The number of carbonyl (C=O) groups is 1. The molecule has 1 N–H and O–H groups in total. The summed E-state index contributed by atoms with van der Waals surface area (Å²) in [5.74, 6) is 0.338. The van der Waals surface area contributed by atoms with Crippen LogP contribution in [0.1, 0.15) is 37.3 Å². The molecule has 3 rings (SSSR count). The molecule has 0 spiro atoms. The monoisotopic (exact) mass is 400 g/mol. The number of anilines is 1. The summed E-state index contributed by atoms with van der Waals surface area (Å²) in [5, 5.41) is 2.66. The summed E-state index contributed by atoms with van der Waals surface area (Å²) in [6, 6.07) is 15.5. The van der Waals surface area contributed by atoms with Crippen molar-refractivity contribution in [2.45, 2.75) is 44.4 Å². The molecule has 5 nitrogen and oxygen atoms in total. The summed E-state index contributed by atoms with van der Waals surface area (Å²) in [5.41, 5.74) is 2.54. The van der Waals surface area contributed by atoms with Crippen molar-refractivity contribution in [2.75, 3.05) is 18.4 Å². The van der Waals surface area contributed by atoms with Crippen LogP contribution in [0.3, 0.4) is 0 Å². The number of aryl methyl sites for hydroxylation is 2. The number of nitrogens with zero attached hydrogens (tertiary/aromatic N) is 1. The van der Waals surface area contributed by atoms with Crippen LogP contribution in [0.4, 0.5) is 5.69 Å². The molecule has 0 atom stereocenters. The molecule has 2 aromatic rings. The molecule has 1 aliphatic rings. The number of nitrogens with one attached hydrogen (secondary N) is 1. The van der Waals surface area contributed by atoms with E-state index in [-0.39, 0.29) is 10.8 Å². The summed E-state index contributed by atoms with van der Waals surface area (Å²) in [6.45, 7) is 4.29. The third-order valence-electron chi connectivity index (χ3n) is 5.38. The van der Waals surface area contributed by atoms with Crippen LogP contribution in [-0.4, -0.2) is 31.7 Å². The van der Waals surface area contributed by atoms with Crippen LogP contribution in [0.2, 0.25) is 0 Å². The number of carbonyl (C=O) groups excluding carboxylic acids is 1. The van der Waals surface area contributed by atoms with E-state index in [1.54, 1.807) is 29.4 Å². The first kappa shape index (κ1) is 20.6. The highest BCUT2D eigenvalue weighted by atomic mass is 32.2. The molecule has 0 aliphatic carbocycles. The number of piperidine rings is 1. The van der Waals surface area contributed by atoms with Crippen molar-refractivity contribution in [3.63, 3.8) is 0 Å². The maximum atomic E-state index is 13.1. The Morgan fingerprint density at radius 3 is 2.43 bits per heavy atom. The summed E-state index contributed by atoms with van der Waals surface area (Å²) in [7, 11) is -3.56. The second-order valence-corrected chi connectivity index (χ2v) is 9.44. The van der Waals surface area contributed by atoms with Gasteiger partial charge in [-0.3, -0.25) is 4.79 Å². The van der Waals surface area contributed by atoms with Gasteiger partial charge in [0.1, 0.15) is 0 Å². The molecule has 150 valence electrons. The van der Waals surface area contributed by atoms with Crippen LogP contribution < -0.4 is 5.32 Å². The molecule has 0 bridgehead atoms. The molecular weight excluding hydrogens is 372 g/mol. The molecule has 2 aromatic carbocycles. The van der Waals surface area contributed by atoms with Gasteiger partial charge in [0.2, 0.25) is 15.9 Å². The number of sulfonamides is 1. The molecule has 1 aliphatic heterocycles. The normalized spacial score (nSPS) is 16.1. The summed E-state index contributed by atoms with van der Waals surface area (Å²) in [4.78, 5) is 11.6. The van der Waals surface area contributed by atoms with Gasteiger partial charge < -0.3 is 5.32 Å². The molecule has 0 unspecified atom stereocenters. The molecule has 0 aromatic heterocycles. The van der Waals surface area contributed by atoms with Crippen molar-refractivity contribution in [1.29, 1.82) is 0 Å². The lowest BCUT2D eigenvalue weighted by atomic mass is 9.91. The Labute approximate surface area is 167 Å². The highest BCUT2D eigenvalue weighted by Gasteiger charge is 2.30. The van der Waals surface area contributed by atoms with Crippen LogP contribution >= 0.6 is 0 Å². The van der Waals surface area contributed by atoms with Crippen LogP contribution in [0.15, 0.2) is 53.4 Å². The van der Waals surface area contributed by atoms with Gasteiger partial charge >= 0.3 is 0 Å². The maximum Gasteiger partial charge on any atom is 0.243 e. The lowest BCUT2D eigenvalue weighted by molar-refractivity contribution is -0.114. The van der Waals surface area contributed by atoms with E-state index < -0.39 is 10.0 Å². The highest BCUT2D eigenvalue weighted by Crippen LogP contribution is 2.29. The Kier molecular flexibility index (Phi) is 6.52. The van der Waals surface area contributed by atoms with Gasteiger partial charge in [0, 0.05) is 25.7 Å². The molecule has 1 heterocycles. The Balaban J connectivity index is 1.64. The van der Waals surface area contributed by atoms with Crippen molar-refractivity contribution >= 4 is 21.6 Å². The number of rotatable bonds is 6. The summed E-state index contributed by atoms with van der Waals surface area (Å²) in [6.07, 6.45) is 3.90. The number of hydrogen-bond donors (Lipinski definition) is 1. The third-order valence-corrected chi connectivity index (χ3v) is 7.42. The SMILES string of the molecule is CC(=O)Nc1ccc(C)c(S(=O)(=O)N2CCC(CCc3ccccc3)CC2)c1. The van der Waals surface area contributed by atoms with Gasteiger partial charge in [-0.05, 0) is 61.8 Å². The predicted octanol–water partition coefficient (Wildman–Crippen LogP) is 3.99. The smallest absolute Gasteiger partial charge is 0.243 e. The van der Waals surface area contributed by atoms with Crippen molar-refractivity contribution < 1.29 is 13.2 Å². The van der Waals surface area contributed by atoms with E-state index in [2.05, 4.69) is 29.6 Å². The fourth-order valence-corrected chi connectivity index (χ4v) is 5.47. The highest BCUT2D eigenvalue weighted by molar-refractivity contribution is 7.89. The van der Waals surface area contributed by atoms with E-state index in [1.807, 2.05) is 6.07 Å². The number of amides is 1. The van der Waals surface area contributed by atoms with E-state index in [0.29, 0.717) is 30.3 Å². The Morgan fingerprint density at radius 1 is 1.11 bits per heavy atom. The van der Waals surface area contributed by atoms with Gasteiger partial charge in [-0.1, -0.05) is 36.4 Å². The minimum atomic E-state index is -3.56. The quantitative estimate of drug-likeness (QED) is 0.797. The zero-order valence-corrected chi connectivity index (χ0v) is 17.3. The fourth-order valence-electron chi connectivity index (χ4n) is 3.75. The lowest BCUT2D eigenvalue weighted by Crippen LogP contribution is -2.38. The predicted molar refractivity (Wildman–Crippen MR) is 112 cm³/mol. The number of hydrogen-bond acceptors (Lipinski definition) is 3. The van der Waals surface area contributed by atoms with Crippen LogP contribution in [0.25, 0.3) is 0 Å². The average Bonchev–Trinajstić information content (AvgIpc) is 2.68. The van der Waals surface area contributed by atoms with E-state index in [0.717, 1.165) is 25.7 Å². The molecule has 28 heavy (non-hydrogen) atoms. The second-order valence-electron chi connectivity index (χ2n) is 7.53. The van der Waals surface area contributed by atoms with Gasteiger partial charge in [0.05, 0.1) is 4.90 Å². The third kappa shape index (κ3) is 5.00. The van der Waals surface area contributed by atoms with E-state index >= 15 is 0 Å². The van der Waals surface area contributed by atoms with E-state index in [4.69, 9.17) is 0 Å². The molecular formula is C22H28N2O3S. The van der Waals surface area contributed by atoms with Crippen molar-refractivity contribution in [2.24, 2.45) is 5.92 Å². The molecule has 6 heteroatoms. The molecule has 1 saturated heterocycles. The van der Waals surface area contributed by atoms with E-state index in [9.17, 15) is 13.2 Å². The standard InChI is InChI=1S/C22H28N2O3S/c1-17-8-11-21(23-18(2)25)16-22(17)28(26,27)24-14-12-20(13-15-24)10-9-19-6-4-3-5-7-19/h3-8,11,16,20H,9-10,12-15H2,1-2H3,(H,23,25). The second kappa shape index (κ2) is 8.88. The zero-order chi connectivity index (χ0) is 20.1. The van der Waals surface area contributed by atoms with Crippen LogP contribution in [-0.2, 0) is 21.2 Å². The van der Waals surface area contributed by atoms with Crippen molar-refractivity contribution in [3.05, 3.63) is 59.7 Å². The van der Waals surface area contributed by atoms with Gasteiger partial charge in [0.25, 0.3) is 0 Å². The van der Waals surface area contributed by atoms with Crippen LogP contribution in [0.5, 0.6) is 0 Å². The van der Waals surface area contributed by atoms with Crippen molar-refractivity contribution in [3.8, 4) is 0 Å². The topological polar surface area (TPSA) is 66.5 Å². The summed E-state index contributed by atoms with van der Waals surface area (Å²) < 4.78 is 27.9. The van der Waals surface area contributed by atoms with E-state index in [1.165, 1.54) is 12.5 Å². The van der Waals surface area contributed by atoms with Gasteiger partial charge in [0.15, 0.2) is 0 Å². The maximum absolute atomic E-state index is 13.1. The first-order chi connectivity index (χ1) is 13.4. The zero-order valence-electron chi connectivity index (χ0n) is 16.5. The van der Waals surface area contributed by atoms with Gasteiger partial charge in [-0.15, -0.1) is 0 Å². The number of benzene rings is 2. The van der Waals surface area contributed by atoms with Gasteiger partial charge in [-0.2, -0.15) is 4.31 Å². The minimum absolute atomic E-state index is 0.216. The largest absolute Gasteiger partial charge is 0.326 e. The first-order valence-corrected chi connectivity index (χ1v) is 11.2. The minimum Gasteiger partial charge on any atom is -0.326 e. The molecule has 0 saturated carbocycles. The molecule has 1 amide bonds. The van der Waals surface area contributed by atoms with Crippen molar-refractivity contribution in [1.82, 2.24) is 4.31 Å². The first-order valence-electron chi connectivity index (χ1n) is 9.78. The van der Waals surface area contributed by atoms with Crippen LogP contribution in [0, 0.1) is 12.8 Å². The Morgan fingerprint density at radius 2 is 1.79 bits per heavy atom. The van der Waals surface area contributed by atoms with Gasteiger partial charge in [-0.25, -0.2) is 8.42 Å². The average molecular weight is 401 g/mol. The fraction of sp³-hybridized carbons (Fsp3) is 0.409. The molecule has 1 fully saturated rings.